The van der Waals surface area contributed by atoms with Crippen LogP contribution in [0.25, 0.3) is 5.69 Å². The molecular formula is C17H18IN3O3. The van der Waals surface area contributed by atoms with Crippen molar-refractivity contribution >= 4 is 34.5 Å². The summed E-state index contributed by atoms with van der Waals surface area (Å²) in [4.78, 5) is 30.9. The number of halogens is 1. The van der Waals surface area contributed by atoms with Crippen molar-refractivity contribution in [2.45, 2.75) is 32.9 Å². The first kappa shape index (κ1) is 16.9. The summed E-state index contributed by atoms with van der Waals surface area (Å²) in [5, 5.41) is 0. The van der Waals surface area contributed by atoms with Crippen molar-refractivity contribution < 1.29 is 14.3 Å². The number of hydrogen-bond acceptors (Lipinski definition) is 4. The Balaban J connectivity index is 2.13. The SMILES string of the molecule is CN1Cc2c(C(=O)OC(C)(C)C)ncn2-c2ccc([123I])cc2C1=O. The molecule has 0 atom stereocenters. The van der Waals surface area contributed by atoms with Crippen LogP contribution >= 0.6 is 22.6 Å². The van der Waals surface area contributed by atoms with E-state index in [0.29, 0.717) is 17.8 Å². The van der Waals surface area contributed by atoms with Crippen molar-refractivity contribution in [3.8, 4) is 5.69 Å². The van der Waals surface area contributed by atoms with Crippen LogP contribution in [0.15, 0.2) is 24.5 Å². The van der Waals surface area contributed by atoms with E-state index in [4.69, 9.17) is 4.74 Å². The number of ether oxygens (including phenoxy) is 1. The Kier molecular flexibility index (Phi) is 4.15. The van der Waals surface area contributed by atoms with Gasteiger partial charge in [0.1, 0.15) is 11.9 Å². The molecule has 1 aliphatic rings. The highest BCUT2D eigenvalue weighted by Crippen LogP contribution is 2.27. The van der Waals surface area contributed by atoms with Crippen molar-refractivity contribution in [3.63, 3.8) is 0 Å². The van der Waals surface area contributed by atoms with E-state index in [0.717, 1.165) is 9.26 Å². The number of fused-ring (bicyclic) bond motifs is 3. The number of imidazole rings is 1. The molecule has 0 fully saturated rings. The van der Waals surface area contributed by atoms with Crippen molar-refractivity contribution in [3.05, 3.63) is 45.0 Å². The Bertz CT molecular complexity index is 836. The summed E-state index contributed by atoms with van der Waals surface area (Å²) >= 11 is 2.18. The molecule has 24 heavy (non-hydrogen) atoms. The first-order valence-corrected chi connectivity index (χ1v) is 8.60. The van der Waals surface area contributed by atoms with Crippen LogP contribution in [0.5, 0.6) is 0 Å². The molecule has 6 nitrogen and oxygen atoms in total. The van der Waals surface area contributed by atoms with Gasteiger partial charge in [0.2, 0.25) is 0 Å². The molecule has 0 unspecified atom stereocenters. The van der Waals surface area contributed by atoms with Gasteiger partial charge in [-0.3, -0.25) is 9.36 Å². The largest absolute Gasteiger partial charge is 0.455 e. The first-order chi connectivity index (χ1) is 11.2. The molecule has 1 aliphatic heterocycles. The summed E-state index contributed by atoms with van der Waals surface area (Å²) in [6.45, 7) is 5.73. The predicted octanol–water partition coefficient (Wildman–Crippen LogP) is 3.02. The number of benzene rings is 1. The Labute approximate surface area is 153 Å². The predicted molar refractivity (Wildman–Crippen MR) is 97.2 cm³/mol. The van der Waals surface area contributed by atoms with Gasteiger partial charge in [-0.05, 0) is 61.6 Å². The molecule has 1 amide bonds. The summed E-state index contributed by atoms with van der Waals surface area (Å²) in [5.74, 6) is -0.562. The number of aromatic nitrogens is 2. The molecule has 7 heteroatoms. The van der Waals surface area contributed by atoms with Gasteiger partial charge in [0.05, 0.1) is 23.5 Å². The maximum Gasteiger partial charge on any atom is 0.359 e. The Morgan fingerprint density at radius 2 is 2.04 bits per heavy atom. The van der Waals surface area contributed by atoms with Gasteiger partial charge in [0, 0.05) is 10.6 Å². The van der Waals surface area contributed by atoms with Gasteiger partial charge in [-0.25, -0.2) is 9.78 Å². The van der Waals surface area contributed by atoms with E-state index in [-0.39, 0.29) is 11.6 Å². The van der Waals surface area contributed by atoms with Crippen molar-refractivity contribution in [2.75, 3.05) is 7.05 Å². The molecule has 0 radical (unpaired) electrons. The fraction of sp³-hybridized carbons (Fsp3) is 0.353. The molecule has 0 aliphatic carbocycles. The fourth-order valence-corrected chi connectivity index (χ4v) is 3.11. The average Bonchev–Trinajstić information content (AvgIpc) is 2.84. The number of rotatable bonds is 1. The summed E-state index contributed by atoms with van der Waals surface area (Å²) in [6, 6.07) is 5.64. The fourth-order valence-electron chi connectivity index (χ4n) is 2.62. The van der Waals surface area contributed by atoms with Gasteiger partial charge in [-0.15, -0.1) is 0 Å². The highest BCUT2D eigenvalue weighted by atomic mass is 123. The third-order valence-corrected chi connectivity index (χ3v) is 4.31. The minimum atomic E-state index is -0.603. The zero-order chi connectivity index (χ0) is 17.6. The number of nitrogens with zero attached hydrogens (tertiary/aromatic N) is 3. The van der Waals surface area contributed by atoms with E-state index in [1.54, 1.807) is 22.8 Å². The van der Waals surface area contributed by atoms with Gasteiger partial charge < -0.3 is 9.64 Å². The van der Waals surface area contributed by atoms with Crippen molar-refractivity contribution in [2.24, 2.45) is 0 Å². The summed E-state index contributed by atoms with van der Waals surface area (Å²) in [5.41, 5.74) is 1.61. The second kappa shape index (κ2) is 5.87. The Hall–Kier alpha value is -1.90. The zero-order valence-electron chi connectivity index (χ0n) is 14.0. The van der Waals surface area contributed by atoms with Crippen LogP contribution < -0.4 is 0 Å². The lowest BCUT2D eigenvalue weighted by Gasteiger charge is -2.19. The molecule has 2 heterocycles. The van der Waals surface area contributed by atoms with E-state index >= 15 is 0 Å². The van der Waals surface area contributed by atoms with Crippen LogP contribution in [0.1, 0.15) is 47.3 Å². The van der Waals surface area contributed by atoms with Gasteiger partial charge in [0.15, 0.2) is 5.69 Å². The van der Waals surface area contributed by atoms with E-state index in [2.05, 4.69) is 27.6 Å². The zero-order valence-corrected chi connectivity index (χ0v) is 16.1. The highest BCUT2D eigenvalue weighted by Gasteiger charge is 2.30. The standard InChI is InChI=1S/C17H18IN3O3/c1-17(2,3)24-16(23)14-13-8-20(4)15(22)11-7-10(18)5-6-12(11)21(13)9-19-14/h5-7,9H,8H2,1-4H3/i18-4. The minimum Gasteiger partial charge on any atom is -0.455 e. The minimum absolute atomic E-state index is 0.0812. The van der Waals surface area contributed by atoms with Gasteiger partial charge in [-0.2, -0.15) is 0 Å². The number of amides is 1. The molecule has 0 saturated carbocycles. The van der Waals surface area contributed by atoms with E-state index in [1.165, 1.54) is 0 Å². The molecule has 0 N–H and O–H groups in total. The molecule has 1 aromatic heterocycles. The van der Waals surface area contributed by atoms with Crippen LogP contribution in [-0.4, -0.2) is 39.0 Å². The molecule has 0 spiro atoms. The maximum absolute atomic E-state index is 12.6. The molecule has 0 bridgehead atoms. The van der Waals surface area contributed by atoms with Crippen LogP contribution in [0.4, 0.5) is 0 Å². The highest BCUT2D eigenvalue weighted by molar-refractivity contribution is 14.1. The molecule has 3 rings (SSSR count). The van der Waals surface area contributed by atoms with Crippen LogP contribution in [0, 0.1) is 3.57 Å². The molecule has 2 aromatic rings. The lowest BCUT2D eigenvalue weighted by molar-refractivity contribution is 0.00608. The summed E-state index contributed by atoms with van der Waals surface area (Å²) in [7, 11) is 1.72. The second-order valence-corrected chi connectivity index (χ2v) is 7.98. The van der Waals surface area contributed by atoms with Crippen molar-refractivity contribution in [1.82, 2.24) is 14.5 Å². The monoisotopic (exact) mass is 435 g/mol. The average molecular weight is 435 g/mol. The lowest BCUT2D eigenvalue weighted by atomic mass is 10.1. The third-order valence-electron chi connectivity index (χ3n) is 3.64. The van der Waals surface area contributed by atoms with Crippen LogP contribution in [0.2, 0.25) is 0 Å². The van der Waals surface area contributed by atoms with E-state index < -0.39 is 11.6 Å². The molecular weight excluding hydrogens is 417 g/mol. The number of hydrogen-bond donors (Lipinski definition) is 0. The molecule has 1 aromatic carbocycles. The Morgan fingerprint density at radius 3 is 2.71 bits per heavy atom. The van der Waals surface area contributed by atoms with Crippen molar-refractivity contribution in [1.29, 1.82) is 0 Å². The lowest BCUT2D eigenvalue weighted by Crippen LogP contribution is -2.27. The molecule has 126 valence electrons. The Morgan fingerprint density at radius 1 is 1.33 bits per heavy atom. The molecule has 0 saturated heterocycles. The van der Waals surface area contributed by atoms with Gasteiger partial charge in [-0.1, -0.05) is 0 Å². The quantitative estimate of drug-likeness (QED) is 0.511. The van der Waals surface area contributed by atoms with Crippen LogP contribution in [0.3, 0.4) is 0 Å². The van der Waals surface area contributed by atoms with Gasteiger partial charge in [0.25, 0.3) is 5.91 Å². The number of esters is 1. The van der Waals surface area contributed by atoms with Crippen LogP contribution in [-0.2, 0) is 11.3 Å². The van der Waals surface area contributed by atoms with E-state index in [9.17, 15) is 9.59 Å². The normalized spacial score (nSPS) is 14.0. The number of carbonyl (C=O) groups excluding carboxylic acids is 2. The maximum atomic E-state index is 12.6. The van der Waals surface area contributed by atoms with E-state index in [1.807, 2.05) is 39.0 Å². The second-order valence-electron chi connectivity index (χ2n) is 6.73. The smallest absolute Gasteiger partial charge is 0.359 e. The third kappa shape index (κ3) is 3.04. The summed E-state index contributed by atoms with van der Waals surface area (Å²) in [6.07, 6.45) is 1.58. The number of carbonyl (C=O) groups is 2. The topological polar surface area (TPSA) is 64.4 Å². The first-order valence-electron chi connectivity index (χ1n) is 7.52. The summed E-state index contributed by atoms with van der Waals surface area (Å²) < 4.78 is 8.21. The van der Waals surface area contributed by atoms with Gasteiger partial charge >= 0.3 is 5.97 Å².